The average Bonchev–Trinajstić information content (AvgIpc) is 3.18. The molecule has 0 bridgehead atoms. The lowest BCUT2D eigenvalue weighted by atomic mass is 10.2. The molecule has 0 unspecified atom stereocenters. The van der Waals surface area contributed by atoms with Crippen LogP contribution in [-0.2, 0) is 31.0 Å². The van der Waals surface area contributed by atoms with Crippen molar-refractivity contribution in [2.45, 2.75) is 65.7 Å². The fourth-order valence-corrected chi connectivity index (χ4v) is 3.52. The molecule has 0 spiro atoms. The fraction of sp³-hybridized carbons (Fsp3) is 0.455. The molecule has 1 N–H and O–H groups in total. The lowest BCUT2D eigenvalue weighted by Gasteiger charge is -2.12. The van der Waals surface area contributed by atoms with Crippen LogP contribution >= 0.6 is 11.6 Å². The van der Waals surface area contributed by atoms with Crippen LogP contribution in [0.3, 0.4) is 0 Å². The Balaban J connectivity index is 1.92. The topological polar surface area (TPSA) is 90.9 Å². The highest BCUT2D eigenvalue weighted by Crippen LogP contribution is 2.10. The van der Waals surface area contributed by atoms with Crippen LogP contribution in [0.15, 0.2) is 40.2 Å². The zero-order valence-corrected chi connectivity index (χ0v) is 18.7. The van der Waals surface area contributed by atoms with Gasteiger partial charge in [0.25, 0.3) is 5.56 Å². The molecule has 0 aliphatic rings. The van der Waals surface area contributed by atoms with Crippen molar-refractivity contribution in [3.8, 4) is 0 Å². The van der Waals surface area contributed by atoms with Crippen LogP contribution in [0.5, 0.6) is 0 Å². The van der Waals surface area contributed by atoms with Crippen molar-refractivity contribution >= 4 is 28.7 Å². The van der Waals surface area contributed by atoms with Gasteiger partial charge in [-0.25, -0.2) is 14.3 Å². The standard InChI is InChI=1S/C22H28ClN5O3/c1-3-5-11-26-15-25-20-19(26)21(30)28(22(31)27(20)12-6-4-2)14-18(29)24-13-16-7-9-17(23)10-8-16/h7-10,15H,3-6,11-14H2,1-2H3,(H,24,29). The second-order valence-corrected chi connectivity index (χ2v) is 7.98. The van der Waals surface area contributed by atoms with Gasteiger partial charge in [-0.05, 0) is 30.5 Å². The number of benzene rings is 1. The number of nitrogens with one attached hydrogen (secondary N) is 1. The van der Waals surface area contributed by atoms with E-state index in [-0.39, 0.29) is 13.1 Å². The highest BCUT2D eigenvalue weighted by Gasteiger charge is 2.19. The maximum Gasteiger partial charge on any atom is 0.333 e. The van der Waals surface area contributed by atoms with Gasteiger partial charge in [0.15, 0.2) is 11.2 Å². The number of rotatable bonds is 10. The van der Waals surface area contributed by atoms with Gasteiger partial charge in [0, 0.05) is 24.7 Å². The number of hydrogen-bond donors (Lipinski definition) is 1. The number of carbonyl (C=O) groups is 1. The molecule has 0 atom stereocenters. The molecule has 0 saturated heterocycles. The van der Waals surface area contributed by atoms with E-state index < -0.39 is 17.2 Å². The normalized spacial score (nSPS) is 11.2. The fourth-order valence-electron chi connectivity index (χ4n) is 3.40. The first-order chi connectivity index (χ1) is 15.0. The monoisotopic (exact) mass is 445 g/mol. The molecule has 0 saturated carbocycles. The molecular formula is C22H28ClN5O3. The van der Waals surface area contributed by atoms with E-state index in [1.165, 1.54) is 4.57 Å². The minimum atomic E-state index is -0.506. The summed E-state index contributed by atoms with van der Waals surface area (Å²) < 4.78 is 4.31. The van der Waals surface area contributed by atoms with E-state index in [1.807, 2.05) is 19.1 Å². The Kier molecular flexibility index (Phi) is 7.68. The quantitative estimate of drug-likeness (QED) is 0.519. The minimum Gasteiger partial charge on any atom is -0.350 e. The van der Waals surface area contributed by atoms with Gasteiger partial charge in [-0.1, -0.05) is 50.4 Å². The van der Waals surface area contributed by atoms with Gasteiger partial charge in [0.2, 0.25) is 5.91 Å². The molecule has 1 amide bonds. The third kappa shape index (κ3) is 5.25. The predicted octanol–water partition coefficient (Wildman–Crippen LogP) is 2.93. The van der Waals surface area contributed by atoms with E-state index in [0.717, 1.165) is 35.8 Å². The Morgan fingerprint density at radius 1 is 1.03 bits per heavy atom. The number of aryl methyl sites for hydroxylation is 2. The summed E-state index contributed by atoms with van der Waals surface area (Å²) in [5, 5.41) is 3.38. The van der Waals surface area contributed by atoms with Crippen LogP contribution in [0.4, 0.5) is 0 Å². The molecule has 2 heterocycles. The Morgan fingerprint density at radius 3 is 2.39 bits per heavy atom. The lowest BCUT2D eigenvalue weighted by Crippen LogP contribution is -2.44. The second-order valence-electron chi connectivity index (χ2n) is 7.55. The van der Waals surface area contributed by atoms with Crippen LogP contribution in [0.2, 0.25) is 5.02 Å². The van der Waals surface area contributed by atoms with E-state index in [9.17, 15) is 14.4 Å². The molecule has 3 rings (SSSR count). The summed E-state index contributed by atoms with van der Waals surface area (Å²) >= 11 is 5.88. The SMILES string of the molecule is CCCCn1cnc2c1c(=O)n(CC(=O)NCc1ccc(Cl)cc1)c(=O)n2CCCC. The van der Waals surface area contributed by atoms with Gasteiger partial charge in [-0.15, -0.1) is 0 Å². The van der Waals surface area contributed by atoms with E-state index in [2.05, 4.69) is 17.2 Å². The first kappa shape index (κ1) is 22.8. The van der Waals surface area contributed by atoms with Crippen molar-refractivity contribution in [2.75, 3.05) is 0 Å². The highest BCUT2D eigenvalue weighted by atomic mass is 35.5. The molecule has 3 aromatic rings. The summed E-state index contributed by atoms with van der Waals surface area (Å²) in [5.41, 5.74) is 0.641. The summed E-state index contributed by atoms with van der Waals surface area (Å²) in [7, 11) is 0. The van der Waals surface area contributed by atoms with Crippen molar-refractivity contribution in [3.63, 3.8) is 0 Å². The predicted molar refractivity (Wildman–Crippen MR) is 121 cm³/mol. The van der Waals surface area contributed by atoms with E-state index in [0.29, 0.717) is 29.3 Å². The number of nitrogens with zero attached hydrogens (tertiary/aromatic N) is 4. The Morgan fingerprint density at radius 2 is 1.71 bits per heavy atom. The molecule has 0 fully saturated rings. The molecule has 2 aromatic heterocycles. The third-order valence-corrected chi connectivity index (χ3v) is 5.43. The van der Waals surface area contributed by atoms with Gasteiger partial charge in [0.1, 0.15) is 6.54 Å². The van der Waals surface area contributed by atoms with Crippen molar-refractivity contribution < 1.29 is 4.79 Å². The first-order valence-electron chi connectivity index (χ1n) is 10.7. The first-order valence-corrected chi connectivity index (χ1v) is 11.0. The third-order valence-electron chi connectivity index (χ3n) is 5.18. The number of imidazole rings is 1. The number of hydrogen-bond acceptors (Lipinski definition) is 4. The van der Waals surface area contributed by atoms with Crippen LogP contribution < -0.4 is 16.6 Å². The van der Waals surface area contributed by atoms with E-state index in [4.69, 9.17) is 11.6 Å². The summed E-state index contributed by atoms with van der Waals surface area (Å²) in [6.07, 6.45) is 5.13. The van der Waals surface area contributed by atoms with Crippen LogP contribution in [-0.4, -0.2) is 24.6 Å². The van der Waals surface area contributed by atoms with Gasteiger partial charge < -0.3 is 9.88 Å². The van der Waals surface area contributed by atoms with Gasteiger partial charge in [-0.3, -0.25) is 14.2 Å². The van der Waals surface area contributed by atoms with Crippen molar-refractivity contribution in [3.05, 3.63) is 62.0 Å². The molecule has 9 heteroatoms. The number of unbranched alkanes of at least 4 members (excludes halogenated alkanes) is 2. The van der Waals surface area contributed by atoms with Gasteiger partial charge in [0.05, 0.1) is 6.33 Å². The number of aromatic nitrogens is 4. The van der Waals surface area contributed by atoms with Crippen molar-refractivity contribution in [2.24, 2.45) is 0 Å². The van der Waals surface area contributed by atoms with Crippen LogP contribution in [0.1, 0.15) is 45.1 Å². The number of halogens is 1. The molecule has 31 heavy (non-hydrogen) atoms. The van der Waals surface area contributed by atoms with E-state index in [1.54, 1.807) is 23.0 Å². The maximum atomic E-state index is 13.2. The molecule has 1 aromatic carbocycles. The molecule has 0 aliphatic carbocycles. The van der Waals surface area contributed by atoms with Gasteiger partial charge in [-0.2, -0.15) is 0 Å². The van der Waals surface area contributed by atoms with Gasteiger partial charge >= 0.3 is 5.69 Å². The maximum absolute atomic E-state index is 13.2. The highest BCUT2D eigenvalue weighted by molar-refractivity contribution is 6.30. The Labute approximate surface area is 185 Å². The number of carbonyl (C=O) groups excluding carboxylic acids is 1. The number of amides is 1. The Hall–Kier alpha value is -2.87. The van der Waals surface area contributed by atoms with Crippen LogP contribution in [0, 0.1) is 0 Å². The molecule has 8 nitrogen and oxygen atoms in total. The molecule has 0 radical (unpaired) electrons. The largest absolute Gasteiger partial charge is 0.350 e. The minimum absolute atomic E-state index is 0.283. The Bertz CT molecular complexity index is 1160. The van der Waals surface area contributed by atoms with Crippen molar-refractivity contribution in [1.29, 1.82) is 0 Å². The smallest absolute Gasteiger partial charge is 0.333 e. The zero-order valence-electron chi connectivity index (χ0n) is 17.9. The molecule has 0 aliphatic heterocycles. The molecular weight excluding hydrogens is 418 g/mol. The summed E-state index contributed by atoms with van der Waals surface area (Å²) in [4.78, 5) is 43.1. The van der Waals surface area contributed by atoms with E-state index >= 15 is 0 Å². The number of fused-ring (bicyclic) bond motifs is 1. The summed E-state index contributed by atoms with van der Waals surface area (Å²) in [6, 6.07) is 7.10. The zero-order chi connectivity index (χ0) is 22.4. The molecule has 166 valence electrons. The summed E-state index contributed by atoms with van der Waals surface area (Å²) in [6.45, 7) is 5.12. The summed E-state index contributed by atoms with van der Waals surface area (Å²) in [5.74, 6) is -0.407. The van der Waals surface area contributed by atoms with Crippen molar-refractivity contribution in [1.82, 2.24) is 24.0 Å². The average molecular weight is 446 g/mol. The second kappa shape index (κ2) is 10.4. The lowest BCUT2D eigenvalue weighted by molar-refractivity contribution is -0.121. The van der Waals surface area contributed by atoms with Crippen LogP contribution in [0.25, 0.3) is 11.2 Å².